The number of hydrogen-bond acceptors (Lipinski definition) is 4. The van der Waals surface area contributed by atoms with Gasteiger partial charge in [-0.05, 0) is 24.3 Å². The van der Waals surface area contributed by atoms with Gasteiger partial charge < -0.3 is 0 Å². The third-order valence-corrected chi connectivity index (χ3v) is 3.84. The van der Waals surface area contributed by atoms with Crippen LogP contribution in [-0.4, -0.2) is 27.3 Å². The van der Waals surface area contributed by atoms with Gasteiger partial charge in [-0.15, -0.1) is 0 Å². The van der Waals surface area contributed by atoms with E-state index in [0.717, 1.165) is 11.1 Å². The zero-order valence-corrected chi connectivity index (χ0v) is 13.7. The summed E-state index contributed by atoms with van der Waals surface area (Å²) in [6.45, 7) is 0. The predicted octanol–water partition coefficient (Wildman–Crippen LogP) is 3.54. The summed E-state index contributed by atoms with van der Waals surface area (Å²) in [6, 6.07) is 10.3. The van der Waals surface area contributed by atoms with E-state index in [1.165, 1.54) is 6.21 Å². The normalized spacial score (nSPS) is 10.9. The number of hydrogen-bond donors (Lipinski definition) is 2. The maximum Gasteiger partial charge on any atom is 0.289 e. The molecule has 2 aromatic heterocycles. The number of aromatic amines is 1. The highest BCUT2D eigenvalue weighted by Gasteiger charge is 2.11. The van der Waals surface area contributed by atoms with Crippen molar-refractivity contribution in [3.63, 3.8) is 0 Å². The van der Waals surface area contributed by atoms with E-state index in [4.69, 9.17) is 23.2 Å². The van der Waals surface area contributed by atoms with Gasteiger partial charge in [0.2, 0.25) is 0 Å². The van der Waals surface area contributed by atoms with Crippen LogP contribution in [0.4, 0.5) is 0 Å². The highest BCUT2D eigenvalue weighted by Crippen LogP contribution is 2.27. The molecule has 3 rings (SSSR count). The van der Waals surface area contributed by atoms with E-state index in [0.29, 0.717) is 15.7 Å². The van der Waals surface area contributed by atoms with Gasteiger partial charge in [0.25, 0.3) is 5.91 Å². The van der Waals surface area contributed by atoms with E-state index in [1.54, 1.807) is 42.7 Å². The Hall–Kier alpha value is -2.70. The number of nitrogens with one attached hydrogen (secondary N) is 2. The van der Waals surface area contributed by atoms with Crippen molar-refractivity contribution in [2.45, 2.75) is 0 Å². The number of carbonyl (C=O) groups is 1. The standard InChI is InChI=1S/C16H11Cl2N5O/c17-12-4-3-11(6-13(12)18)14-7-15(22-21-14)16(24)23-20-9-10-2-1-5-19-8-10/h1-9H,(H,21,22)(H,23,24). The van der Waals surface area contributed by atoms with Crippen molar-refractivity contribution in [3.05, 3.63) is 70.1 Å². The molecule has 6 nitrogen and oxygen atoms in total. The molecule has 0 saturated heterocycles. The maximum absolute atomic E-state index is 12.0. The number of pyridine rings is 1. The first-order valence-corrected chi connectivity index (χ1v) is 7.63. The predicted molar refractivity (Wildman–Crippen MR) is 93.3 cm³/mol. The Kier molecular flexibility index (Phi) is 4.88. The second-order valence-corrected chi connectivity index (χ2v) is 5.60. The van der Waals surface area contributed by atoms with E-state index in [9.17, 15) is 4.79 Å². The van der Waals surface area contributed by atoms with Crippen LogP contribution in [0.5, 0.6) is 0 Å². The van der Waals surface area contributed by atoms with Crippen LogP contribution in [0.2, 0.25) is 10.0 Å². The summed E-state index contributed by atoms with van der Waals surface area (Å²) in [4.78, 5) is 16.0. The first-order chi connectivity index (χ1) is 11.6. The number of amides is 1. The molecule has 0 aliphatic heterocycles. The second kappa shape index (κ2) is 7.25. The Labute approximate surface area is 147 Å². The number of H-pyrrole nitrogens is 1. The molecule has 0 atom stereocenters. The van der Waals surface area contributed by atoms with Gasteiger partial charge in [-0.25, -0.2) is 5.43 Å². The van der Waals surface area contributed by atoms with Crippen LogP contribution in [0.1, 0.15) is 16.1 Å². The van der Waals surface area contributed by atoms with Gasteiger partial charge in [-0.2, -0.15) is 10.2 Å². The molecule has 1 aromatic carbocycles. The zero-order chi connectivity index (χ0) is 16.9. The number of rotatable bonds is 4. The van der Waals surface area contributed by atoms with Gasteiger partial charge in [-0.3, -0.25) is 14.9 Å². The number of halogens is 2. The number of nitrogens with zero attached hydrogens (tertiary/aromatic N) is 3. The fourth-order valence-electron chi connectivity index (χ4n) is 1.92. The number of hydrazone groups is 1. The van der Waals surface area contributed by atoms with E-state index in [1.807, 2.05) is 6.07 Å². The van der Waals surface area contributed by atoms with Crippen molar-refractivity contribution in [2.75, 3.05) is 0 Å². The molecular weight excluding hydrogens is 349 g/mol. The molecule has 0 saturated carbocycles. The first kappa shape index (κ1) is 16.2. The molecule has 0 aliphatic carbocycles. The highest BCUT2D eigenvalue weighted by molar-refractivity contribution is 6.42. The van der Waals surface area contributed by atoms with Crippen LogP contribution in [0, 0.1) is 0 Å². The molecule has 0 bridgehead atoms. The summed E-state index contributed by atoms with van der Waals surface area (Å²) in [5.41, 5.74) is 4.80. The summed E-state index contributed by atoms with van der Waals surface area (Å²) < 4.78 is 0. The van der Waals surface area contributed by atoms with Gasteiger partial charge in [0, 0.05) is 23.5 Å². The fraction of sp³-hybridized carbons (Fsp3) is 0. The lowest BCUT2D eigenvalue weighted by atomic mass is 10.1. The van der Waals surface area contributed by atoms with Crippen LogP contribution >= 0.6 is 23.2 Å². The molecule has 0 unspecified atom stereocenters. The lowest BCUT2D eigenvalue weighted by Gasteiger charge is -1.98. The molecule has 0 aliphatic rings. The lowest BCUT2D eigenvalue weighted by molar-refractivity contribution is 0.0950. The van der Waals surface area contributed by atoms with Crippen molar-refractivity contribution in [3.8, 4) is 11.3 Å². The molecular formula is C16H11Cl2N5O. The summed E-state index contributed by atoms with van der Waals surface area (Å²) >= 11 is 11.9. The molecule has 3 aromatic rings. The van der Waals surface area contributed by atoms with E-state index >= 15 is 0 Å². The number of benzene rings is 1. The Morgan fingerprint density at radius 3 is 2.83 bits per heavy atom. The van der Waals surface area contributed by atoms with Crippen LogP contribution in [0.3, 0.4) is 0 Å². The third kappa shape index (κ3) is 3.79. The quantitative estimate of drug-likeness (QED) is 0.551. The van der Waals surface area contributed by atoms with Gasteiger partial charge in [0.15, 0.2) is 0 Å². The number of aromatic nitrogens is 3. The summed E-state index contributed by atoms with van der Waals surface area (Å²) in [7, 11) is 0. The molecule has 1 amide bonds. The van der Waals surface area contributed by atoms with Crippen molar-refractivity contribution < 1.29 is 4.79 Å². The lowest BCUT2D eigenvalue weighted by Crippen LogP contribution is -2.18. The molecule has 8 heteroatoms. The Bertz CT molecular complexity index is 892. The summed E-state index contributed by atoms with van der Waals surface area (Å²) in [5.74, 6) is -0.408. The molecule has 24 heavy (non-hydrogen) atoms. The minimum absolute atomic E-state index is 0.277. The van der Waals surface area contributed by atoms with Crippen LogP contribution in [0.15, 0.2) is 53.9 Å². The molecule has 2 heterocycles. The van der Waals surface area contributed by atoms with E-state index in [-0.39, 0.29) is 5.69 Å². The van der Waals surface area contributed by atoms with Gasteiger partial charge in [-0.1, -0.05) is 35.3 Å². The average molecular weight is 360 g/mol. The third-order valence-electron chi connectivity index (χ3n) is 3.10. The summed E-state index contributed by atoms with van der Waals surface area (Å²) in [5, 5.41) is 11.5. The highest BCUT2D eigenvalue weighted by atomic mass is 35.5. The van der Waals surface area contributed by atoms with Crippen molar-refractivity contribution in [1.29, 1.82) is 0 Å². The largest absolute Gasteiger partial charge is 0.289 e. The monoisotopic (exact) mass is 359 g/mol. The van der Waals surface area contributed by atoms with Crippen LogP contribution in [-0.2, 0) is 0 Å². The fourth-order valence-corrected chi connectivity index (χ4v) is 2.22. The molecule has 0 fully saturated rings. The van der Waals surface area contributed by atoms with Gasteiger partial charge in [0.05, 0.1) is 22.0 Å². The summed E-state index contributed by atoms with van der Waals surface area (Å²) in [6.07, 6.45) is 4.79. The first-order valence-electron chi connectivity index (χ1n) is 6.88. The molecule has 120 valence electrons. The SMILES string of the molecule is O=C(NN=Cc1cccnc1)c1cc(-c2ccc(Cl)c(Cl)c2)n[nH]1. The molecule has 0 radical (unpaired) electrons. The Balaban J connectivity index is 1.69. The maximum atomic E-state index is 12.0. The topological polar surface area (TPSA) is 83.0 Å². The van der Waals surface area contributed by atoms with Crippen molar-refractivity contribution >= 4 is 35.3 Å². The zero-order valence-electron chi connectivity index (χ0n) is 12.2. The molecule has 0 spiro atoms. The van der Waals surface area contributed by atoms with Crippen molar-refractivity contribution in [1.82, 2.24) is 20.6 Å². The van der Waals surface area contributed by atoms with E-state index < -0.39 is 5.91 Å². The van der Waals surface area contributed by atoms with Crippen LogP contribution < -0.4 is 5.43 Å². The number of carbonyl (C=O) groups excluding carboxylic acids is 1. The Morgan fingerprint density at radius 2 is 2.08 bits per heavy atom. The Morgan fingerprint density at radius 1 is 1.21 bits per heavy atom. The molecule has 2 N–H and O–H groups in total. The smallest absolute Gasteiger partial charge is 0.272 e. The minimum atomic E-state index is -0.408. The van der Waals surface area contributed by atoms with Crippen molar-refractivity contribution in [2.24, 2.45) is 5.10 Å². The van der Waals surface area contributed by atoms with Crippen LogP contribution in [0.25, 0.3) is 11.3 Å². The second-order valence-electron chi connectivity index (χ2n) is 4.78. The van der Waals surface area contributed by atoms with Gasteiger partial charge in [0.1, 0.15) is 5.69 Å². The van der Waals surface area contributed by atoms with E-state index in [2.05, 4.69) is 25.7 Å². The minimum Gasteiger partial charge on any atom is -0.272 e. The van der Waals surface area contributed by atoms with Gasteiger partial charge >= 0.3 is 0 Å². The average Bonchev–Trinajstić information content (AvgIpc) is 3.08.